The number of fused-ring (bicyclic) bond motifs is 4. The lowest BCUT2D eigenvalue weighted by atomic mass is 9.79. The Morgan fingerprint density at radius 3 is 2.42 bits per heavy atom. The van der Waals surface area contributed by atoms with Gasteiger partial charge in [0, 0.05) is 44.0 Å². The first-order valence-corrected chi connectivity index (χ1v) is 12.8. The Bertz CT molecular complexity index is 760. The van der Waals surface area contributed by atoms with Crippen LogP contribution in [0.4, 0.5) is 10.5 Å². The van der Waals surface area contributed by atoms with Crippen molar-refractivity contribution in [2.45, 2.75) is 69.7 Å². The minimum absolute atomic E-state index is 0.0478. The fourth-order valence-electron chi connectivity index (χ4n) is 6.46. The molecule has 5 heteroatoms. The second-order valence-corrected chi connectivity index (χ2v) is 10.6. The summed E-state index contributed by atoms with van der Waals surface area (Å²) in [6.45, 7) is 9.29. The monoisotopic (exact) mass is 424 g/mol. The molecule has 2 bridgehead atoms. The summed E-state index contributed by atoms with van der Waals surface area (Å²) < 4.78 is 0. The van der Waals surface area contributed by atoms with Crippen LogP contribution < -0.4 is 10.2 Å². The normalized spacial score (nSPS) is 32.0. The lowest BCUT2D eigenvalue weighted by molar-refractivity contribution is 0.153. The van der Waals surface area contributed by atoms with E-state index in [-0.39, 0.29) is 11.6 Å². The Hall–Kier alpha value is -1.75. The van der Waals surface area contributed by atoms with Crippen LogP contribution in [0.25, 0.3) is 0 Å². The SMILES string of the molecule is CC1(NC(=O)N2CCN(c3cccc(C4CCCCC4)c3)CC2)CCN2CCC1CC2. The summed E-state index contributed by atoms with van der Waals surface area (Å²) in [5.41, 5.74) is 2.81. The number of benzene rings is 1. The number of rotatable bonds is 3. The molecule has 0 aromatic heterocycles. The van der Waals surface area contributed by atoms with Gasteiger partial charge in [-0.1, -0.05) is 31.4 Å². The number of nitrogens with one attached hydrogen (secondary N) is 1. The number of anilines is 1. The van der Waals surface area contributed by atoms with Crippen molar-refractivity contribution in [2.24, 2.45) is 5.92 Å². The highest BCUT2D eigenvalue weighted by atomic mass is 16.2. The van der Waals surface area contributed by atoms with Crippen LogP contribution in [-0.2, 0) is 0 Å². The first-order valence-electron chi connectivity index (χ1n) is 12.8. The van der Waals surface area contributed by atoms with Gasteiger partial charge < -0.3 is 20.0 Å². The van der Waals surface area contributed by atoms with Crippen molar-refractivity contribution < 1.29 is 4.79 Å². The van der Waals surface area contributed by atoms with Gasteiger partial charge in [-0.3, -0.25) is 0 Å². The van der Waals surface area contributed by atoms with E-state index in [2.05, 4.69) is 46.3 Å². The molecule has 1 unspecified atom stereocenters. The predicted octanol–water partition coefficient (Wildman–Crippen LogP) is 4.44. The summed E-state index contributed by atoms with van der Waals surface area (Å²) in [4.78, 5) is 20.2. The molecule has 31 heavy (non-hydrogen) atoms. The van der Waals surface area contributed by atoms with Crippen LogP contribution in [0.15, 0.2) is 24.3 Å². The van der Waals surface area contributed by atoms with Gasteiger partial charge in [0.15, 0.2) is 0 Å². The number of hydrogen-bond donors (Lipinski definition) is 1. The van der Waals surface area contributed by atoms with E-state index < -0.39 is 0 Å². The van der Waals surface area contributed by atoms with Crippen molar-refractivity contribution in [3.8, 4) is 0 Å². The fourth-order valence-corrected chi connectivity index (χ4v) is 6.46. The molecule has 1 aromatic carbocycles. The largest absolute Gasteiger partial charge is 0.368 e. The molecule has 4 heterocycles. The van der Waals surface area contributed by atoms with E-state index in [9.17, 15) is 4.79 Å². The summed E-state index contributed by atoms with van der Waals surface area (Å²) >= 11 is 0. The molecule has 1 aromatic rings. The van der Waals surface area contributed by atoms with Gasteiger partial charge in [0.05, 0.1) is 0 Å². The van der Waals surface area contributed by atoms with Crippen molar-refractivity contribution in [3.05, 3.63) is 29.8 Å². The summed E-state index contributed by atoms with van der Waals surface area (Å²) in [5, 5.41) is 3.48. The molecule has 1 atom stereocenters. The number of nitrogens with zero attached hydrogens (tertiary/aromatic N) is 3. The Balaban J connectivity index is 1.17. The number of carbonyl (C=O) groups is 1. The van der Waals surface area contributed by atoms with Gasteiger partial charge in [0.2, 0.25) is 0 Å². The lowest BCUT2D eigenvalue weighted by Crippen LogP contribution is -2.59. The molecule has 2 amide bonds. The van der Waals surface area contributed by atoms with Crippen LogP contribution in [0.3, 0.4) is 0 Å². The van der Waals surface area contributed by atoms with Crippen LogP contribution in [-0.4, -0.2) is 67.2 Å². The standard InChI is InChI=1S/C26H40N4O/c1-26(12-15-28-13-10-23(26)11-14-28)27-25(31)30-18-16-29(17-19-30)24-9-5-8-22(20-24)21-6-3-2-4-7-21/h5,8-9,20-21,23H,2-4,6-7,10-19H2,1H3,(H,27,31). The maximum absolute atomic E-state index is 13.1. The number of hydrogen-bond acceptors (Lipinski definition) is 3. The van der Waals surface area contributed by atoms with Crippen molar-refractivity contribution in [3.63, 3.8) is 0 Å². The smallest absolute Gasteiger partial charge is 0.317 e. The van der Waals surface area contributed by atoms with E-state index in [1.807, 2.05) is 4.90 Å². The number of piperazine rings is 1. The van der Waals surface area contributed by atoms with E-state index in [4.69, 9.17) is 0 Å². The van der Waals surface area contributed by atoms with Crippen LogP contribution >= 0.6 is 0 Å². The Morgan fingerprint density at radius 1 is 0.935 bits per heavy atom. The third-order valence-electron chi connectivity index (χ3n) is 8.71. The molecule has 1 N–H and O–H groups in total. The van der Waals surface area contributed by atoms with Gasteiger partial charge >= 0.3 is 6.03 Å². The Morgan fingerprint density at radius 2 is 1.68 bits per heavy atom. The third-order valence-corrected chi connectivity index (χ3v) is 8.71. The molecule has 5 nitrogen and oxygen atoms in total. The zero-order valence-electron chi connectivity index (χ0n) is 19.3. The molecular formula is C26H40N4O. The molecule has 5 aliphatic rings. The van der Waals surface area contributed by atoms with Gasteiger partial charge in [-0.05, 0) is 81.6 Å². The quantitative estimate of drug-likeness (QED) is 0.780. The molecule has 1 saturated carbocycles. The van der Waals surface area contributed by atoms with Crippen LogP contribution in [0.5, 0.6) is 0 Å². The maximum atomic E-state index is 13.1. The van der Waals surface area contributed by atoms with Crippen LogP contribution in [0.1, 0.15) is 69.8 Å². The lowest BCUT2D eigenvalue weighted by Gasteiger charge is -2.41. The number of amides is 2. The second kappa shape index (κ2) is 9.01. The van der Waals surface area contributed by atoms with Gasteiger partial charge in [0.1, 0.15) is 0 Å². The molecular weight excluding hydrogens is 384 g/mol. The Labute approximate surface area is 188 Å². The minimum atomic E-state index is -0.0478. The second-order valence-electron chi connectivity index (χ2n) is 10.6. The van der Waals surface area contributed by atoms with Crippen molar-refractivity contribution >= 4 is 11.7 Å². The molecule has 5 fully saturated rings. The van der Waals surface area contributed by atoms with E-state index in [0.29, 0.717) is 5.92 Å². The molecule has 6 rings (SSSR count). The van der Waals surface area contributed by atoms with Gasteiger partial charge in [0.25, 0.3) is 0 Å². The summed E-state index contributed by atoms with van der Waals surface area (Å²) in [7, 11) is 0. The average molecular weight is 425 g/mol. The van der Waals surface area contributed by atoms with Gasteiger partial charge in [-0.2, -0.15) is 0 Å². The zero-order valence-corrected chi connectivity index (χ0v) is 19.3. The topological polar surface area (TPSA) is 38.8 Å². The first-order chi connectivity index (χ1) is 15.1. The molecule has 4 saturated heterocycles. The van der Waals surface area contributed by atoms with Gasteiger partial charge in [-0.25, -0.2) is 4.79 Å². The Kier molecular flexibility index (Phi) is 6.14. The highest BCUT2D eigenvalue weighted by Crippen LogP contribution is 2.36. The van der Waals surface area contributed by atoms with Crippen molar-refractivity contribution in [1.82, 2.24) is 15.1 Å². The van der Waals surface area contributed by atoms with Gasteiger partial charge in [-0.15, -0.1) is 0 Å². The third kappa shape index (κ3) is 4.57. The number of piperidine rings is 1. The molecule has 170 valence electrons. The number of carbonyl (C=O) groups excluding carboxylic acids is 1. The number of urea groups is 1. The maximum Gasteiger partial charge on any atom is 0.317 e. The van der Waals surface area contributed by atoms with Crippen LogP contribution in [0.2, 0.25) is 0 Å². The zero-order chi connectivity index (χ0) is 21.3. The van der Waals surface area contributed by atoms with Crippen molar-refractivity contribution in [1.29, 1.82) is 0 Å². The van der Waals surface area contributed by atoms with E-state index in [0.717, 1.165) is 45.1 Å². The summed E-state index contributed by atoms with van der Waals surface area (Å²) in [6, 6.07) is 9.38. The predicted molar refractivity (Wildman–Crippen MR) is 127 cm³/mol. The molecule has 1 aliphatic carbocycles. The first kappa shape index (κ1) is 21.1. The minimum Gasteiger partial charge on any atom is -0.368 e. The van der Waals surface area contributed by atoms with E-state index in [1.165, 1.54) is 69.3 Å². The molecule has 0 spiro atoms. The highest BCUT2D eigenvalue weighted by Gasteiger charge is 2.41. The highest BCUT2D eigenvalue weighted by molar-refractivity contribution is 5.75. The summed E-state index contributed by atoms with van der Waals surface area (Å²) in [6.07, 6.45) is 10.4. The average Bonchev–Trinajstić information content (AvgIpc) is 3.08. The van der Waals surface area contributed by atoms with Crippen molar-refractivity contribution in [2.75, 3.05) is 50.7 Å². The van der Waals surface area contributed by atoms with Crippen LogP contribution in [0, 0.1) is 5.92 Å². The molecule has 4 aliphatic heterocycles. The van der Waals surface area contributed by atoms with E-state index >= 15 is 0 Å². The summed E-state index contributed by atoms with van der Waals surface area (Å²) in [5.74, 6) is 1.37. The molecule has 0 radical (unpaired) electrons. The van der Waals surface area contributed by atoms with E-state index in [1.54, 1.807) is 0 Å². The fraction of sp³-hybridized carbons (Fsp3) is 0.731.